The number of amides is 1. The molecule has 0 fully saturated rings. The zero-order valence-electron chi connectivity index (χ0n) is 16.5. The zero-order valence-corrected chi connectivity index (χ0v) is 16.5. The molecule has 4 rings (SSSR count). The molecule has 0 aliphatic rings. The number of methoxy groups -OCH3 is 1. The summed E-state index contributed by atoms with van der Waals surface area (Å²) in [4.78, 5) is 14.1. The molecule has 7 heteroatoms. The first kappa shape index (κ1) is 19.3. The van der Waals surface area contributed by atoms with Gasteiger partial charge in [-0.05, 0) is 28.5 Å². The van der Waals surface area contributed by atoms with E-state index in [-0.39, 0.29) is 18.5 Å². The molecule has 7 nitrogen and oxygen atoms in total. The van der Waals surface area contributed by atoms with Crippen LogP contribution in [0.1, 0.15) is 17.2 Å². The van der Waals surface area contributed by atoms with Gasteiger partial charge in [0.15, 0.2) is 0 Å². The molecule has 1 N–H and O–H groups in total. The number of ether oxygens (including phenoxy) is 1. The largest absolute Gasteiger partial charge is 0.497 e. The van der Waals surface area contributed by atoms with Gasteiger partial charge < -0.3 is 10.1 Å². The first-order chi connectivity index (χ1) is 14.7. The Hall–Kier alpha value is -4.00. The summed E-state index contributed by atoms with van der Waals surface area (Å²) in [6.07, 6.45) is 0. The smallest absolute Gasteiger partial charge is 0.244 e. The normalized spacial score (nSPS) is 11.6. The van der Waals surface area contributed by atoms with Crippen LogP contribution in [0.25, 0.3) is 11.4 Å². The van der Waals surface area contributed by atoms with Gasteiger partial charge in [0, 0.05) is 5.56 Å². The van der Waals surface area contributed by atoms with E-state index in [4.69, 9.17) is 4.74 Å². The van der Waals surface area contributed by atoms with E-state index in [0.29, 0.717) is 5.82 Å². The molecule has 0 aliphatic heterocycles. The van der Waals surface area contributed by atoms with E-state index < -0.39 is 0 Å². The number of rotatable bonds is 7. The fourth-order valence-electron chi connectivity index (χ4n) is 3.15. The average molecular weight is 399 g/mol. The predicted octanol–water partition coefficient (Wildman–Crippen LogP) is 3.25. The standard InChI is InChI=1S/C23H21N5O2/c1-30-20-14-12-18(13-15-20)22(17-8-4-2-5-9-17)24-21(29)16-28-26-23(25-27-28)19-10-6-3-7-11-19/h2-15,22H,16H2,1H3,(H,24,29)/t22-/m0/s1. The number of nitrogens with zero attached hydrogens (tertiary/aromatic N) is 4. The van der Waals surface area contributed by atoms with Gasteiger partial charge in [-0.1, -0.05) is 72.8 Å². The number of benzene rings is 3. The highest BCUT2D eigenvalue weighted by molar-refractivity contribution is 5.76. The lowest BCUT2D eigenvalue weighted by molar-refractivity contribution is -0.122. The van der Waals surface area contributed by atoms with E-state index in [9.17, 15) is 4.79 Å². The van der Waals surface area contributed by atoms with Crippen LogP contribution in [0, 0.1) is 0 Å². The van der Waals surface area contributed by atoms with Gasteiger partial charge in [-0.15, -0.1) is 10.2 Å². The zero-order chi connectivity index (χ0) is 20.8. The summed E-state index contributed by atoms with van der Waals surface area (Å²) in [5.74, 6) is 1.03. The molecular formula is C23H21N5O2. The van der Waals surface area contributed by atoms with E-state index >= 15 is 0 Å². The molecule has 4 aromatic rings. The number of hydrogen-bond acceptors (Lipinski definition) is 5. The molecule has 1 aromatic heterocycles. The molecule has 0 saturated heterocycles. The summed E-state index contributed by atoms with van der Waals surface area (Å²) >= 11 is 0. The van der Waals surface area contributed by atoms with E-state index in [1.807, 2.05) is 84.9 Å². The van der Waals surface area contributed by atoms with Crippen LogP contribution in [0.15, 0.2) is 84.9 Å². The Labute approximate surface area is 174 Å². The van der Waals surface area contributed by atoms with Crippen molar-refractivity contribution in [1.82, 2.24) is 25.5 Å². The molecule has 1 heterocycles. The third kappa shape index (κ3) is 4.52. The lowest BCUT2D eigenvalue weighted by Crippen LogP contribution is -2.32. The highest BCUT2D eigenvalue weighted by atomic mass is 16.5. The van der Waals surface area contributed by atoms with Crippen molar-refractivity contribution in [3.63, 3.8) is 0 Å². The summed E-state index contributed by atoms with van der Waals surface area (Å²) in [6, 6.07) is 26.7. The maximum Gasteiger partial charge on any atom is 0.244 e. The molecule has 0 radical (unpaired) electrons. The molecule has 3 aromatic carbocycles. The Balaban J connectivity index is 1.51. The van der Waals surface area contributed by atoms with Crippen molar-refractivity contribution >= 4 is 5.91 Å². The molecule has 30 heavy (non-hydrogen) atoms. The van der Waals surface area contributed by atoms with Crippen molar-refractivity contribution in [3.8, 4) is 17.1 Å². The van der Waals surface area contributed by atoms with Gasteiger partial charge in [0.05, 0.1) is 13.2 Å². The van der Waals surface area contributed by atoms with Crippen LogP contribution in [0.3, 0.4) is 0 Å². The van der Waals surface area contributed by atoms with Gasteiger partial charge in [0.1, 0.15) is 12.3 Å². The maximum atomic E-state index is 12.8. The molecule has 1 atom stereocenters. The van der Waals surface area contributed by atoms with Crippen molar-refractivity contribution in [2.45, 2.75) is 12.6 Å². The lowest BCUT2D eigenvalue weighted by atomic mass is 9.98. The minimum Gasteiger partial charge on any atom is -0.497 e. The van der Waals surface area contributed by atoms with Crippen LogP contribution in [0.5, 0.6) is 5.75 Å². The molecule has 150 valence electrons. The van der Waals surface area contributed by atoms with Gasteiger partial charge in [0.2, 0.25) is 11.7 Å². The van der Waals surface area contributed by atoms with Crippen molar-refractivity contribution in [1.29, 1.82) is 0 Å². The molecular weight excluding hydrogens is 378 g/mol. The summed E-state index contributed by atoms with van der Waals surface area (Å²) in [6.45, 7) is -0.0285. The summed E-state index contributed by atoms with van der Waals surface area (Å²) in [5, 5.41) is 15.4. The second-order valence-corrected chi connectivity index (χ2v) is 6.69. The first-order valence-electron chi connectivity index (χ1n) is 9.54. The van der Waals surface area contributed by atoms with Gasteiger partial charge in [0.25, 0.3) is 0 Å². The first-order valence-corrected chi connectivity index (χ1v) is 9.54. The Kier molecular flexibility index (Phi) is 5.80. The van der Waals surface area contributed by atoms with E-state index in [0.717, 1.165) is 22.4 Å². The molecule has 0 spiro atoms. The molecule has 1 amide bonds. The minimum atomic E-state index is -0.304. The SMILES string of the molecule is COc1ccc([C@@H](NC(=O)Cn2nnc(-c3ccccc3)n2)c2ccccc2)cc1. The van der Waals surface area contributed by atoms with Gasteiger partial charge in [-0.2, -0.15) is 4.80 Å². The highest BCUT2D eigenvalue weighted by Crippen LogP contribution is 2.24. The fraction of sp³-hybridized carbons (Fsp3) is 0.130. The maximum absolute atomic E-state index is 12.8. The molecule has 0 unspecified atom stereocenters. The Morgan fingerprint density at radius 1 is 0.933 bits per heavy atom. The third-order valence-electron chi connectivity index (χ3n) is 4.66. The monoisotopic (exact) mass is 399 g/mol. The second kappa shape index (κ2) is 9.00. The van der Waals surface area contributed by atoms with E-state index in [1.54, 1.807) is 7.11 Å². The molecule has 0 saturated carbocycles. The third-order valence-corrected chi connectivity index (χ3v) is 4.66. The van der Waals surface area contributed by atoms with Crippen LogP contribution in [0.4, 0.5) is 0 Å². The fourth-order valence-corrected chi connectivity index (χ4v) is 3.15. The van der Waals surface area contributed by atoms with Crippen molar-refractivity contribution < 1.29 is 9.53 Å². The number of carbonyl (C=O) groups excluding carboxylic acids is 1. The number of hydrogen-bond donors (Lipinski definition) is 1. The van der Waals surface area contributed by atoms with Crippen LogP contribution < -0.4 is 10.1 Å². The lowest BCUT2D eigenvalue weighted by Gasteiger charge is -2.20. The van der Waals surface area contributed by atoms with Crippen LogP contribution in [-0.2, 0) is 11.3 Å². The molecule has 0 aliphatic carbocycles. The Bertz CT molecular complexity index is 1100. The van der Waals surface area contributed by atoms with Gasteiger partial charge >= 0.3 is 0 Å². The Morgan fingerprint density at radius 3 is 2.23 bits per heavy atom. The summed E-state index contributed by atoms with van der Waals surface area (Å²) < 4.78 is 5.24. The number of nitrogens with one attached hydrogen (secondary N) is 1. The number of aromatic nitrogens is 4. The second-order valence-electron chi connectivity index (χ2n) is 6.69. The molecule has 0 bridgehead atoms. The predicted molar refractivity (Wildman–Crippen MR) is 113 cm³/mol. The van der Waals surface area contributed by atoms with Gasteiger partial charge in [-0.3, -0.25) is 4.79 Å². The van der Waals surface area contributed by atoms with Crippen molar-refractivity contribution in [2.75, 3.05) is 7.11 Å². The van der Waals surface area contributed by atoms with Crippen LogP contribution in [-0.4, -0.2) is 33.2 Å². The minimum absolute atomic E-state index is 0.0285. The summed E-state index contributed by atoms with van der Waals surface area (Å²) in [5.41, 5.74) is 2.78. The van der Waals surface area contributed by atoms with Crippen molar-refractivity contribution in [3.05, 3.63) is 96.1 Å². The quantitative estimate of drug-likeness (QED) is 0.516. The van der Waals surface area contributed by atoms with Crippen LogP contribution in [0.2, 0.25) is 0 Å². The van der Waals surface area contributed by atoms with Gasteiger partial charge in [-0.25, -0.2) is 0 Å². The highest BCUT2D eigenvalue weighted by Gasteiger charge is 2.18. The Morgan fingerprint density at radius 2 is 1.57 bits per heavy atom. The van der Waals surface area contributed by atoms with Crippen LogP contribution >= 0.6 is 0 Å². The number of tetrazole rings is 1. The number of carbonyl (C=O) groups is 1. The van der Waals surface area contributed by atoms with E-state index in [1.165, 1.54) is 4.80 Å². The average Bonchev–Trinajstić information content (AvgIpc) is 3.27. The topological polar surface area (TPSA) is 81.9 Å². The van der Waals surface area contributed by atoms with E-state index in [2.05, 4.69) is 20.7 Å². The van der Waals surface area contributed by atoms with Crippen molar-refractivity contribution in [2.24, 2.45) is 0 Å². The summed E-state index contributed by atoms with van der Waals surface area (Å²) in [7, 11) is 1.63.